The average molecular weight is 481 g/mol. The molecule has 0 aliphatic carbocycles. The number of anilines is 1. The van der Waals surface area contributed by atoms with Crippen LogP contribution in [0.5, 0.6) is 0 Å². The predicted molar refractivity (Wildman–Crippen MR) is 118 cm³/mol. The third kappa shape index (κ3) is 4.33. The largest absolute Gasteiger partial charge is 0.322 e. The molecule has 2 aromatic carbocycles. The summed E-state index contributed by atoms with van der Waals surface area (Å²) in [4.78, 5) is 23.5. The number of nitrogens with one attached hydrogen (secondary N) is 3. The van der Waals surface area contributed by atoms with Crippen molar-refractivity contribution in [2.75, 3.05) is 17.8 Å². The van der Waals surface area contributed by atoms with Crippen molar-refractivity contribution in [2.45, 2.75) is 36.1 Å². The van der Waals surface area contributed by atoms with Gasteiger partial charge in [0.1, 0.15) is 5.54 Å². The zero-order valence-corrected chi connectivity index (χ0v) is 19.4. The van der Waals surface area contributed by atoms with Crippen LogP contribution in [0.2, 0.25) is 0 Å². The van der Waals surface area contributed by atoms with Gasteiger partial charge < -0.3 is 5.32 Å². The number of nitrogens with zero attached hydrogens (tertiary/aromatic N) is 1. The van der Waals surface area contributed by atoms with Crippen molar-refractivity contribution in [3.05, 3.63) is 54.1 Å². The fourth-order valence-corrected chi connectivity index (χ4v) is 5.87. The quantitative estimate of drug-likeness (QED) is 0.490. The van der Waals surface area contributed by atoms with Gasteiger partial charge in [0.05, 0.1) is 9.79 Å². The summed E-state index contributed by atoms with van der Waals surface area (Å²) in [6, 6.07) is 10.4. The molecule has 1 atom stereocenters. The highest BCUT2D eigenvalue weighted by Crippen LogP contribution is 2.28. The minimum atomic E-state index is -4.04. The molecule has 3 N–H and O–H groups in total. The minimum absolute atomic E-state index is 0.00180. The van der Waals surface area contributed by atoms with Gasteiger partial charge in [-0.2, -0.15) is 4.31 Å². The summed E-state index contributed by atoms with van der Waals surface area (Å²) in [7, 11) is -7.75. The second kappa shape index (κ2) is 8.52. The van der Waals surface area contributed by atoms with Crippen LogP contribution in [0.15, 0.2) is 58.3 Å². The highest BCUT2D eigenvalue weighted by molar-refractivity contribution is 7.92. The van der Waals surface area contributed by atoms with Crippen LogP contribution in [0.1, 0.15) is 26.3 Å². The molecule has 0 spiro atoms. The fourth-order valence-electron chi connectivity index (χ4n) is 3.36. The van der Waals surface area contributed by atoms with Crippen LogP contribution in [0.25, 0.3) is 0 Å². The van der Waals surface area contributed by atoms with E-state index < -0.39 is 37.5 Å². The van der Waals surface area contributed by atoms with Gasteiger partial charge in [-0.05, 0) is 48.9 Å². The number of urea groups is 1. The molecular weight excluding hydrogens is 456 g/mol. The van der Waals surface area contributed by atoms with Crippen LogP contribution in [0, 0.1) is 0 Å². The molecule has 32 heavy (non-hydrogen) atoms. The fraction of sp³-hybridized carbons (Fsp3) is 0.300. The zero-order chi connectivity index (χ0) is 23.7. The monoisotopic (exact) mass is 480 g/mol. The predicted octanol–water partition coefficient (Wildman–Crippen LogP) is 1.57. The van der Waals surface area contributed by atoms with E-state index in [1.165, 1.54) is 47.6 Å². The van der Waals surface area contributed by atoms with E-state index in [0.717, 1.165) is 0 Å². The molecule has 3 rings (SSSR count). The Hall–Kier alpha value is -2.96. The van der Waals surface area contributed by atoms with E-state index in [-0.39, 0.29) is 15.5 Å². The maximum absolute atomic E-state index is 12.8. The van der Waals surface area contributed by atoms with Crippen LogP contribution in [-0.2, 0) is 30.4 Å². The van der Waals surface area contributed by atoms with Gasteiger partial charge in [-0.1, -0.05) is 26.0 Å². The van der Waals surface area contributed by atoms with Crippen molar-refractivity contribution in [1.82, 2.24) is 14.9 Å². The van der Waals surface area contributed by atoms with Crippen LogP contribution in [-0.4, -0.2) is 46.2 Å². The van der Waals surface area contributed by atoms with Crippen LogP contribution in [0.3, 0.4) is 0 Å². The lowest BCUT2D eigenvalue weighted by Gasteiger charge is -2.22. The zero-order valence-electron chi connectivity index (χ0n) is 17.7. The molecule has 1 aliphatic heterocycles. The van der Waals surface area contributed by atoms with Crippen molar-refractivity contribution in [3.63, 3.8) is 0 Å². The number of sulfonamides is 2. The molecule has 0 bridgehead atoms. The molecule has 1 fully saturated rings. The van der Waals surface area contributed by atoms with Gasteiger partial charge in [-0.25, -0.2) is 21.6 Å². The molecule has 3 amide bonds. The molecule has 0 aromatic heterocycles. The molecule has 1 heterocycles. The molecule has 1 saturated heterocycles. The summed E-state index contributed by atoms with van der Waals surface area (Å²) in [6.45, 7) is 5.55. The number of hydrogen-bond acceptors (Lipinski definition) is 6. The maximum Gasteiger partial charge on any atom is 0.322 e. The summed E-state index contributed by atoms with van der Waals surface area (Å²) >= 11 is 0. The van der Waals surface area contributed by atoms with Crippen molar-refractivity contribution >= 4 is 37.7 Å². The number of hydrogen-bond donors (Lipinski definition) is 3. The lowest BCUT2D eigenvalue weighted by atomic mass is 9.92. The van der Waals surface area contributed by atoms with Crippen molar-refractivity contribution in [1.29, 1.82) is 0 Å². The summed E-state index contributed by atoms with van der Waals surface area (Å²) in [5.41, 5.74) is -0.766. The van der Waals surface area contributed by atoms with E-state index in [1.54, 1.807) is 26.0 Å². The number of imide groups is 1. The van der Waals surface area contributed by atoms with E-state index in [1.807, 2.05) is 0 Å². The average Bonchev–Trinajstić information content (AvgIpc) is 3.01. The van der Waals surface area contributed by atoms with Crippen molar-refractivity contribution in [3.8, 4) is 0 Å². The van der Waals surface area contributed by atoms with Crippen molar-refractivity contribution < 1.29 is 26.4 Å². The van der Waals surface area contributed by atoms with Gasteiger partial charge in [0.2, 0.25) is 10.0 Å². The summed E-state index contributed by atoms with van der Waals surface area (Å²) in [5, 5.41) is 4.67. The number of rotatable bonds is 8. The standard InChI is InChI=1S/C20H24N4O6S2/c1-4-24(5-2)32(29,30)17-11-9-16(10-12-17)31(27,28)23-15-8-6-7-14(13-15)20(3)18(25)21-19(26)22-20/h6-13,23H,4-5H2,1-3H3,(H2,21,22,25,26)/t20-/m0/s1. The smallest absolute Gasteiger partial charge is 0.320 e. The van der Waals surface area contributed by atoms with Crippen molar-refractivity contribution in [2.24, 2.45) is 0 Å². The molecule has 0 saturated carbocycles. The topological polar surface area (TPSA) is 142 Å². The van der Waals surface area contributed by atoms with Gasteiger partial charge in [0.25, 0.3) is 15.9 Å². The Morgan fingerprint density at radius 1 is 0.938 bits per heavy atom. The third-order valence-corrected chi connectivity index (χ3v) is 8.68. The van der Waals surface area contributed by atoms with Gasteiger partial charge in [-0.3, -0.25) is 14.8 Å². The summed E-state index contributed by atoms with van der Waals surface area (Å²) in [6.07, 6.45) is 0. The number of amides is 3. The lowest BCUT2D eigenvalue weighted by Crippen LogP contribution is -2.40. The molecule has 172 valence electrons. The Bertz CT molecular complexity index is 1260. The van der Waals surface area contributed by atoms with Gasteiger partial charge in [0.15, 0.2) is 0 Å². The molecule has 12 heteroatoms. The second-order valence-electron chi connectivity index (χ2n) is 7.28. The number of carbonyl (C=O) groups excluding carboxylic acids is 2. The second-order valence-corrected chi connectivity index (χ2v) is 10.9. The molecule has 10 nitrogen and oxygen atoms in total. The number of carbonyl (C=O) groups is 2. The Morgan fingerprint density at radius 3 is 2.06 bits per heavy atom. The van der Waals surface area contributed by atoms with Crippen LogP contribution >= 0.6 is 0 Å². The summed E-state index contributed by atoms with van der Waals surface area (Å²) in [5.74, 6) is -0.549. The first-order valence-corrected chi connectivity index (χ1v) is 12.7. The van der Waals surface area contributed by atoms with Crippen LogP contribution < -0.4 is 15.4 Å². The van der Waals surface area contributed by atoms with Crippen LogP contribution in [0.4, 0.5) is 10.5 Å². The summed E-state index contributed by atoms with van der Waals surface area (Å²) < 4.78 is 54.5. The Morgan fingerprint density at radius 2 is 1.53 bits per heavy atom. The van der Waals surface area contributed by atoms with E-state index in [0.29, 0.717) is 18.7 Å². The Kier molecular flexibility index (Phi) is 6.31. The van der Waals surface area contributed by atoms with E-state index >= 15 is 0 Å². The highest BCUT2D eigenvalue weighted by Gasteiger charge is 2.43. The lowest BCUT2D eigenvalue weighted by molar-refractivity contribution is -0.123. The normalized spacial score (nSPS) is 19.0. The van der Waals surface area contributed by atoms with E-state index in [2.05, 4.69) is 15.4 Å². The Balaban J connectivity index is 1.86. The third-order valence-electron chi connectivity index (χ3n) is 5.21. The molecule has 0 radical (unpaired) electrons. The van der Waals surface area contributed by atoms with Gasteiger partial charge >= 0.3 is 6.03 Å². The molecule has 1 aliphatic rings. The first-order chi connectivity index (χ1) is 14.9. The molecule has 2 aromatic rings. The SMILES string of the molecule is CCN(CC)S(=O)(=O)c1ccc(S(=O)(=O)Nc2cccc([C@]3(C)NC(=O)NC3=O)c2)cc1. The first-order valence-electron chi connectivity index (χ1n) is 9.81. The number of benzene rings is 2. The van der Waals surface area contributed by atoms with E-state index in [4.69, 9.17) is 0 Å². The highest BCUT2D eigenvalue weighted by atomic mass is 32.2. The van der Waals surface area contributed by atoms with Gasteiger partial charge in [-0.15, -0.1) is 0 Å². The first kappa shape index (κ1) is 23.7. The maximum atomic E-state index is 12.8. The van der Waals surface area contributed by atoms with E-state index in [9.17, 15) is 26.4 Å². The minimum Gasteiger partial charge on any atom is -0.320 e. The van der Waals surface area contributed by atoms with Gasteiger partial charge in [0, 0.05) is 18.8 Å². The molecular formula is C20H24N4O6S2. The molecule has 0 unspecified atom stereocenters. The Labute approximate surface area is 187 Å².